The van der Waals surface area contributed by atoms with Crippen molar-refractivity contribution in [3.05, 3.63) is 78.4 Å². The van der Waals surface area contributed by atoms with E-state index < -0.39 is 0 Å². The van der Waals surface area contributed by atoms with Crippen molar-refractivity contribution in [2.45, 2.75) is 16.7 Å². The maximum absolute atomic E-state index is 9.96. The van der Waals surface area contributed by atoms with Gasteiger partial charge in [0.1, 0.15) is 5.75 Å². The highest BCUT2D eigenvalue weighted by Crippen LogP contribution is 2.34. The summed E-state index contributed by atoms with van der Waals surface area (Å²) in [4.78, 5) is 2.21. The third-order valence-electron chi connectivity index (χ3n) is 3.26. The molecule has 0 amide bonds. The fraction of sp³-hybridized carbons (Fsp3) is 0.0526. The van der Waals surface area contributed by atoms with Gasteiger partial charge in [-0.25, -0.2) is 0 Å². The summed E-state index contributed by atoms with van der Waals surface area (Å²) in [6.07, 6.45) is 0. The molecule has 0 heterocycles. The van der Waals surface area contributed by atoms with Crippen LogP contribution in [0.4, 0.5) is 0 Å². The van der Waals surface area contributed by atoms with Crippen LogP contribution < -0.4 is 0 Å². The Bertz CT molecular complexity index is 733. The lowest BCUT2D eigenvalue weighted by atomic mass is 10.1. The summed E-state index contributed by atoms with van der Waals surface area (Å²) in [5.74, 6) is 0.297. The van der Waals surface area contributed by atoms with E-state index in [9.17, 15) is 5.11 Å². The first-order valence-corrected chi connectivity index (χ1v) is 7.66. The van der Waals surface area contributed by atoms with Crippen LogP contribution in [0.15, 0.2) is 82.6 Å². The molecule has 0 unspecified atom stereocenters. The van der Waals surface area contributed by atoms with Crippen LogP contribution in [0, 0.1) is 6.92 Å². The molecule has 3 rings (SSSR count). The fourth-order valence-corrected chi connectivity index (χ4v) is 3.09. The maximum Gasteiger partial charge on any atom is 0.117 e. The van der Waals surface area contributed by atoms with Crippen molar-refractivity contribution in [1.29, 1.82) is 0 Å². The SMILES string of the molecule is Cc1ccc(Sc2cc(O)cc(-c3ccccc3)c2)cc1. The summed E-state index contributed by atoms with van der Waals surface area (Å²) in [6.45, 7) is 2.08. The number of hydrogen-bond donors (Lipinski definition) is 1. The first kappa shape index (κ1) is 13.8. The van der Waals surface area contributed by atoms with Gasteiger partial charge in [0.15, 0.2) is 0 Å². The second kappa shape index (κ2) is 6.06. The molecule has 2 heteroatoms. The average Bonchev–Trinajstić information content (AvgIpc) is 2.50. The van der Waals surface area contributed by atoms with E-state index in [4.69, 9.17) is 0 Å². The third-order valence-corrected chi connectivity index (χ3v) is 4.23. The number of aryl methyl sites for hydroxylation is 1. The van der Waals surface area contributed by atoms with E-state index in [0.29, 0.717) is 5.75 Å². The minimum Gasteiger partial charge on any atom is -0.508 e. The highest BCUT2D eigenvalue weighted by Gasteiger charge is 2.04. The van der Waals surface area contributed by atoms with Crippen LogP contribution in [0.3, 0.4) is 0 Å². The van der Waals surface area contributed by atoms with Crippen LogP contribution >= 0.6 is 11.8 Å². The predicted molar refractivity (Wildman–Crippen MR) is 88.8 cm³/mol. The Hall–Kier alpha value is -2.19. The molecule has 0 saturated heterocycles. The molecule has 21 heavy (non-hydrogen) atoms. The summed E-state index contributed by atoms with van der Waals surface area (Å²) in [5, 5.41) is 9.96. The number of phenolic OH excluding ortho intramolecular Hbond substituents is 1. The van der Waals surface area contributed by atoms with E-state index in [-0.39, 0.29) is 0 Å². The highest BCUT2D eigenvalue weighted by molar-refractivity contribution is 7.99. The standard InChI is InChI=1S/C19H16OS/c1-14-7-9-18(10-8-14)21-19-12-16(11-17(20)13-19)15-5-3-2-4-6-15/h2-13,20H,1H3. The molecule has 0 spiro atoms. The maximum atomic E-state index is 9.96. The molecular formula is C19H16OS. The lowest BCUT2D eigenvalue weighted by Gasteiger charge is -2.07. The summed E-state index contributed by atoms with van der Waals surface area (Å²) < 4.78 is 0. The molecule has 0 aliphatic carbocycles. The molecule has 3 aromatic carbocycles. The second-order valence-electron chi connectivity index (χ2n) is 5.00. The number of rotatable bonds is 3. The number of hydrogen-bond acceptors (Lipinski definition) is 2. The molecule has 0 aromatic heterocycles. The van der Waals surface area contributed by atoms with Gasteiger partial charge >= 0.3 is 0 Å². The van der Waals surface area contributed by atoms with Gasteiger partial charge in [-0.05, 0) is 48.4 Å². The van der Waals surface area contributed by atoms with E-state index in [0.717, 1.165) is 16.0 Å². The molecule has 0 atom stereocenters. The molecule has 1 nitrogen and oxygen atoms in total. The van der Waals surface area contributed by atoms with Gasteiger partial charge in [-0.2, -0.15) is 0 Å². The van der Waals surface area contributed by atoms with Crippen molar-refractivity contribution in [3.63, 3.8) is 0 Å². The summed E-state index contributed by atoms with van der Waals surface area (Å²) in [6, 6.07) is 24.2. The van der Waals surface area contributed by atoms with Crippen molar-refractivity contribution in [3.8, 4) is 16.9 Å². The van der Waals surface area contributed by atoms with Crippen LogP contribution in [0.25, 0.3) is 11.1 Å². The minimum atomic E-state index is 0.297. The van der Waals surface area contributed by atoms with Gasteiger partial charge in [0.25, 0.3) is 0 Å². The van der Waals surface area contributed by atoms with Crippen molar-refractivity contribution < 1.29 is 5.11 Å². The van der Waals surface area contributed by atoms with E-state index in [1.54, 1.807) is 23.9 Å². The van der Waals surface area contributed by atoms with Gasteiger partial charge in [0.05, 0.1) is 0 Å². The van der Waals surface area contributed by atoms with Gasteiger partial charge in [0, 0.05) is 9.79 Å². The Morgan fingerprint density at radius 3 is 2.14 bits per heavy atom. The van der Waals surface area contributed by atoms with Crippen LogP contribution in [0.1, 0.15) is 5.56 Å². The van der Waals surface area contributed by atoms with E-state index >= 15 is 0 Å². The number of aromatic hydroxyl groups is 1. The van der Waals surface area contributed by atoms with Crippen LogP contribution in [-0.2, 0) is 0 Å². The zero-order chi connectivity index (χ0) is 14.7. The quantitative estimate of drug-likeness (QED) is 0.686. The van der Waals surface area contributed by atoms with Crippen LogP contribution in [0.5, 0.6) is 5.75 Å². The van der Waals surface area contributed by atoms with Gasteiger partial charge in [0.2, 0.25) is 0 Å². The topological polar surface area (TPSA) is 20.2 Å². The monoisotopic (exact) mass is 292 g/mol. The van der Waals surface area contributed by atoms with Gasteiger partial charge in [-0.15, -0.1) is 0 Å². The summed E-state index contributed by atoms with van der Waals surface area (Å²) in [5.41, 5.74) is 3.39. The molecule has 0 aliphatic heterocycles. The normalized spacial score (nSPS) is 10.5. The molecule has 0 radical (unpaired) electrons. The van der Waals surface area contributed by atoms with E-state index in [1.165, 1.54) is 10.5 Å². The van der Waals surface area contributed by atoms with Gasteiger partial charge in [-0.3, -0.25) is 0 Å². The Kier molecular flexibility index (Phi) is 3.98. The highest BCUT2D eigenvalue weighted by atomic mass is 32.2. The second-order valence-corrected chi connectivity index (χ2v) is 6.14. The molecular weight excluding hydrogens is 276 g/mol. The Balaban J connectivity index is 1.93. The van der Waals surface area contributed by atoms with Gasteiger partial charge < -0.3 is 5.11 Å². The first-order chi connectivity index (χ1) is 10.2. The smallest absolute Gasteiger partial charge is 0.117 e. The van der Waals surface area contributed by atoms with Crippen LogP contribution in [0.2, 0.25) is 0 Å². The summed E-state index contributed by atoms with van der Waals surface area (Å²) in [7, 11) is 0. The molecule has 0 bridgehead atoms. The average molecular weight is 292 g/mol. The fourth-order valence-electron chi connectivity index (χ4n) is 2.18. The van der Waals surface area contributed by atoms with Crippen molar-refractivity contribution in [2.24, 2.45) is 0 Å². The molecule has 3 aromatic rings. The Morgan fingerprint density at radius 1 is 0.714 bits per heavy atom. The zero-order valence-electron chi connectivity index (χ0n) is 11.8. The largest absolute Gasteiger partial charge is 0.508 e. The first-order valence-electron chi connectivity index (χ1n) is 6.85. The Labute approximate surface area is 129 Å². The Morgan fingerprint density at radius 2 is 1.43 bits per heavy atom. The molecule has 0 aliphatic rings. The van der Waals surface area contributed by atoms with E-state index in [2.05, 4.69) is 49.4 Å². The number of benzene rings is 3. The lowest BCUT2D eigenvalue weighted by molar-refractivity contribution is 0.474. The van der Waals surface area contributed by atoms with Crippen molar-refractivity contribution in [1.82, 2.24) is 0 Å². The van der Waals surface area contributed by atoms with Crippen LogP contribution in [-0.4, -0.2) is 5.11 Å². The van der Waals surface area contributed by atoms with Crippen molar-refractivity contribution in [2.75, 3.05) is 0 Å². The zero-order valence-corrected chi connectivity index (χ0v) is 12.6. The van der Waals surface area contributed by atoms with Crippen molar-refractivity contribution >= 4 is 11.8 Å². The number of phenols is 1. The molecule has 1 N–H and O–H groups in total. The predicted octanol–water partition coefficient (Wildman–Crippen LogP) is 5.52. The minimum absolute atomic E-state index is 0.297. The van der Waals surface area contributed by atoms with E-state index in [1.807, 2.05) is 18.2 Å². The lowest BCUT2D eigenvalue weighted by Crippen LogP contribution is -1.80. The third kappa shape index (κ3) is 3.47. The molecule has 0 saturated carbocycles. The molecule has 0 fully saturated rings. The molecule has 104 valence electrons. The van der Waals surface area contributed by atoms with Gasteiger partial charge in [-0.1, -0.05) is 59.8 Å². The summed E-state index contributed by atoms with van der Waals surface area (Å²) >= 11 is 1.66.